The number of halogens is 1. The van der Waals surface area contributed by atoms with Crippen molar-refractivity contribution in [1.29, 1.82) is 0 Å². The van der Waals surface area contributed by atoms with Gasteiger partial charge in [-0.05, 0) is 12.1 Å². The maximum Gasteiger partial charge on any atom is 0.255 e. The monoisotopic (exact) mass is 225 g/mol. The molecule has 1 fully saturated rings. The fourth-order valence-corrected chi connectivity index (χ4v) is 1.98. The molecule has 0 spiro atoms. The van der Waals surface area contributed by atoms with E-state index in [1.807, 2.05) is 17.0 Å². The molecule has 1 aliphatic heterocycles. The molecule has 0 aliphatic carbocycles. The van der Waals surface area contributed by atoms with Crippen molar-refractivity contribution in [2.75, 3.05) is 26.2 Å². The third kappa shape index (κ3) is 2.30. The Labute approximate surface area is 94.0 Å². The number of piperazine rings is 1. The highest BCUT2D eigenvalue weighted by Crippen LogP contribution is 2.16. The van der Waals surface area contributed by atoms with E-state index in [2.05, 4.69) is 5.32 Å². The minimum absolute atomic E-state index is 0.0497. The predicted octanol–water partition coefficient (Wildman–Crippen LogP) is 0.359. The van der Waals surface area contributed by atoms with Crippen LogP contribution in [-0.2, 0) is 0 Å². The van der Waals surface area contributed by atoms with E-state index >= 15 is 0 Å². The van der Waals surface area contributed by atoms with Crippen LogP contribution in [0.2, 0.25) is 5.02 Å². The number of carbonyl (C=O) groups excluding carboxylic acids is 1. The van der Waals surface area contributed by atoms with E-state index in [1.54, 1.807) is 12.1 Å². The molecule has 15 heavy (non-hydrogen) atoms. The quantitative estimate of drug-likeness (QED) is 0.736. The Balaban J connectivity index is 2.16. The highest BCUT2D eigenvalue weighted by Gasteiger charge is 2.20. The number of benzene rings is 1. The van der Waals surface area contributed by atoms with Crippen LogP contribution in [0.15, 0.2) is 24.3 Å². The van der Waals surface area contributed by atoms with Gasteiger partial charge < -0.3 is 10.2 Å². The van der Waals surface area contributed by atoms with Gasteiger partial charge in [-0.3, -0.25) is 4.79 Å². The molecular formula is C11H14ClN2O+. The number of rotatable bonds is 1. The zero-order chi connectivity index (χ0) is 10.7. The lowest BCUT2D eigenvalue weighted by molar-refractivity contribution is -0.661. The van der Waals surface area contributed by atoms with Crippen molar-refractivity contribution in [2.45, 2.75) is 0 Å². The van der Waals surface area contributed by atoms with Gasteiger partial charge in [-0.2, -0.15) is 0 Å². The molecule has 2 N–H and O–H groups in total. The third-order valence-corrected chi connectivity index (χ3v) is 2.93. The van der Waals surface area contributed by atoms with Gasteiger partial charge in [0.2, 0.25) is 0 Å². The highest BCUT2D eigenvalue weighted by atomic mass is 35.5. The van der Waals surface area contributed by atoms with E-state index in [0.717, 1.165) is 26.2 Å². The second-order valence-corrected chi connectivity index (χ2v) is 4.05. The van der Waals surface area contributed by atoms with Crippen LogP contribution in [-0.4, -0.2) is 37.0 Å². The molecule has 0 saturated carbocycles. The Hall–Kier alpha value is -1.06. The summed E-state index contributed by atoms with van der Waals surface area (Å²) in [7, 11) is 0. The van der Waals surface area contributed by atoms with Crippen LogP contribution >= 0.6 is 11.6 Å². The van der Waals surface area contributed by atoms with Crippen LogP contribution in [0.4, 0.5) is 0 Å². The summed E-state index contributed by atoms with van der Waals surface area (Å²) in [5, 5.41) is 2.76. The minimum atomic E-state index is 0.0497. The maximum absolute atomic E-state index is 12.0. The SMILES string of the molecule is O=C(c1ccccc1Cl)N1CC[NH2+]CC1. The zero-order valence-electron chi connectivity index (χ0n) is 8.45. The molecule has 1 saturated heterocycles. The largest absolute Gasteiger partial charge is 0.343 e. The first kappa shape index (κ1) is 10.5. The summed E-state index contributed by atoms with van der Waals surface area (Å²) in [5.41, 5.74) is 0.612. The van der Waals surface area contributed by atoms with Crippen LogP contribution in [0.3, 0.4) is 0 Å². The van der Waals surface area contributed by atoms with E-state index in [-0.39, 0.29) is 5.91 Å². The summed E-state index contributed by atoms with van der Waals surface area (Å²) >= 11 is 5.98. The van der Waals surface area contributed by atoms with Gasteiger partial charge in [0, 0.05) is 0 Å². The molecule has 0 unspecified atom stereocenters. The number of hydrogen-bond acceptors (Lipinski definition) is 1. The lowest BCUT2D eigenvalue weighted by Crippen LogP contribution is -2.89. The first-order chi connectivity index (χ1) is 7.29. The molecular weight excluding hydrogens is 212 g/mol. The van der Waals surface area contributed by atoms with E-state index in [1.165, 1.54) is 0 Å². The summed E-state index contributed by atoms with van der Waals surface area (Å²) in [5.74, 6) is 0.0497. The van der Waals surface area contributed by atoms with Gasteiger partial charge in [0.1, 0.15) is 0 Å². The summed E-state index contributed by atoms with van der Waals surface area (Å²) in [6, 6.07) is 7.21. The zero-order valence-corrected chi connectivity index (χ0v) is 9.20. The molecule has 0 radical (unpaired) electrons. The summed E-state index contributed by atoms with van der Waals surface area (Å²) in [6.45, 7) is 3.58. The summed E-state index contributed by atoms with van der Waals surface area (Å²) in [6.07, 6.45) is 0. The molecule has 1 amide bonds. The van der Waals surface area contributed by atoms with E-state index in [0.29, 0.717) is 10.6 Å². The Bertz CT molecular complexity index is 361. The Morgan fingerprint density at radius 1 is 1.27 bits per heavy atom. The Kier molecular flexibility index (Phi) is 3.23. The normalized spacial score (nSPS) is 16.5. The van der Waals surface area contributed by atoms with Crippen molar-refractivity contribution >= 4 is 17.5 Å². The van der Waals surface area contributed by atoms with Crippen LogP contribution in [0.25, 0.3) is 0 Å². The smallest absolute Gasteiger partial charge is 0.255 e. The molecule has 1 aromatic rings. The molecule has 0 aromatic heterocycles. The topological polar surface area (TPSA) is 36.9 Å². The molecule has 80 valence electrons. The fourth-order valence-electron chi connectivity index (χ4n) is 1.76. The molecule has 2 rings (SSSR count). The predicted molar refractivity (Wildman–Crippen MR) is 59.0 cm³/mol. The van der Waals surface area contributed by atoms with Crippen LogP contribution in [0, 0.1) is 0 Å². The first-order valence-corrected chi connectivity index (χ1v) is 5.52. The average Bonchev–Trinajstić information content (AvgIpc) is 2.30. The lowest BCUT2D eigenvalue weighted by Gasteiger charge is -2.25. The van der Waals surface area contributed by atoms with Gasteiger partial charge in [-0.1, -0.05) is 23.7 Å². The van der Waals surface area contributed by atoms with E-state index < -0.39 is 0 Å². The number of amides is 1. The highest BCUT2D eigenvalue weighted by molar-refractivity contribution is 6.33. The lowest BCUT2D eigenvalue weighted by atomic mass is 10.2. The number of nitrogens with zero attached hydrogens (tertiary/aromatic N) is 1. The van der Waals surface area contributed by atoms with Crippen molar-refractivity contribution < 1.29 is 10.1 Å². The van der Waals surface area contributed by atoms with Crippen LogP contribution < -0.4 is 5.32 Å². The van der Waals surface area contributed by atoms with Crippen molar-refractivity contribution in [1.82, 2.24) is 4.90 Å². The molecule has 4 heteroatoms. The van der Waals surface area contributed by atoms with Crippen molar-refractivity contribution in [3.05, 3.63) is 34.9 Å². The average molecular weight is 226 g/mol. The standard InChI is InChI=1S/C11H13ClN2O/c12-10-4-2-1-3-9(10)11(15)14-7-5-13-6-8-14/h1-4,13H,5-8H2/p+1. The van der Waals surface area contributed by atoms with Crippen LogP contribution in [0.5, 0.6) is 0 Å². The van der Waals surface area contributed by atoms with Gasteiger partial charge >= 0.3 is 0 Å². The van der Waals surface area contributed by atoms with Gasteiger partial charge in [-0.15, -0.1) is 0 Å². The Morgan fingerprint density at radius 2 is 1.93 bits per heavy atom. The molecule has 0 bridgehead atoms. The van der Waals surface area contributed by atoms with E-state index in [9.17, 15) is 4.79 Å². The molecule has 1 heterocycles. The maximum atomic E-state index is 12.0. The third-order valence-electron chi connectivity index (χ3n) is 2.60. The van der Waals surface area contributed by atoms with Crippen molar-refractivity contribution in [3.63, 3.8) is 0 Å². The molecule has 1 aliphatic rings. The number of carbonyl (C=O) groups is 1. The van der Waals surface area contributed by atoms with Gasteiger partial charge in [0.15, 0.2) is 0 Å². The molecule has 0 atom stereocenters. The second kappa shape index (κ2) is 4.64. The van der Waals surface area contributed by atoms with Gasteiger partial charge in [0.05, 0.1) is 36.8 Å². The van der Waals surface area contributed by atoms with Gasteiger partial charge in [-0.25, -0.2) is 0 Å². The number of nitrogens with two attached hydrogens (primary N) is 1. The summed E-state index contributed by atoms with van der Waals surface area (Å²) < 4.78 is 0. The van der Waals surface area contributed by atoms with Crippen LogP contribution in [0.1, 0.15) is 10.4 Å². The van der Waals surface area contributed by atoms with Gasteiger partial charge in [0.25, 0.3) is 5.91 Å². The van der Waals surface area contributed by atoms with Crippen molar-refractivity contribution in [3.8, 4) is 0 Å². The summed E-state index contributed by atoms with van der Waals surface area (Å²) in [4.78, 5) is 13.9. The first-order valence-electron chi connectivity index (χ1n) is 5.14. The molecule has 1 aromatic carbocycles. The number of hydrogen-bond donors (Lipinski definition) is 1. The molecule has 3 nitrogen and oxygen atoms in total. The Morgan fingerprint density at radius 3 is 2.60 bits per heavy atom. The second-order valence-electron chi connectivity index (χ2n) is 3.64. The van der Waals surface area contributed by atoms with Crippen molar-refractivity contribution in [2.24, 2.45) is 0 Å². The number of quaternary nitrogens is 1. The minimum Gasteiger partial charge on any atom is -0.343 e. The van der Waals surface area contributed by atoms with E-state index in [4.69, 9.17) is 11.6 Å². The fraction of sp³-hybridized carbons (Fsp3) is 0.364.